The highest BCUT2D eigenvalue weighted by atomic mass is 15.1. The van der Waals surface area contributed by atoms with Crippen molar-refractivity contribution in [3.05, 3.63) is 35.9 Å². The molecule has 14 heavy (non-hydrogen) atoms. The van der Waals surface area contributed by atoms with Crippen LogP contribution >= 0.6 is 0 Å². The van der Waals surface area contributed by atoms with Crippen molar-refractivity contribution in [3.63, 3.8) is 0 Å². The summed E-state index contributed by atoms with van der Waals surface area (Å²) >= 11 is 0. The number of aromatic nitrogens is 2. The third kappa shape index (κ3) is 2.29. The highest BCUT2D eigenvalue weighted by Crippen LogP contribution is 1.87. The Morgan fingerprint density at radius 2 is 2.29 bits per heavy atom. The molecule has 0 saturated carbocycles. The van der Waals surface area contributed by atoms with Crippen molar-refractivity contribution in [3.8, 4) is 12.1 Å². The van der Waals surface area contributed by atoms with Gasteiger partial charge in [0.2, 0.25) is 5.62 Å². The van der Waals surface area contributed by atoms with Crippen LogP contribution < -0.4 is 5.62 Å². The molecule has 0 spiro atoms. The van der Waals surface area contributed by atoms with E-state index < -0.39 is 0 Å². The average Bonchev–Trinajstić information content (AvgIpc) is 2.22. The summed E-state index contributed by atoms with van der Waals surface area (Å²) in [6, 6.07) is 5.18. The zero-order valence-electron chi connectivity index (χ0n) is 7.55. The van der Waals surface area contributed by atoms with Gasteiger partial charge in [-0.2, -0.15) is 10.5 Å². The molecule has 1 rings (SSSR count). The Morgan fingerprint density at radius 1 is 1.57 bits per heavy atom. The van der Waals surface area contributed by atoms with Crippen molar-refractivity contribution in [1.29, 1.82) is 10.5 Å². The largest absolute Gasteiger partial charge is 0.320 e. The van der Waals surface area contributed by atoms with Crippen molar-refractivity contribution in [2.45, 2.75) is 0 Å². The van der Waals surface area contributed by atoms with Gasteiger partial charge in [-0.15, -0.1) is 0 Å². The number of hydrogen-bond acceptors (Lipinski definition) is 4. The predicted molar refractivity (Wildman–Crippen MR) is 48.1 cm³/mol. The molecule has 0 N–H and O–H groups in total. The van der Waals surface area contributed by atoms with E-state index in [9.17, 15) is 0 Å². The van der Waals surface area contributed by atoms with Gasteiger partial charge in [-0.1, -0.05) is 0 Å². The van der Waals surface area contributed by atoms with E-state index in [4.69, 9.17) is 10.5 Å². The summed E-state index contributed by atoms with van der Waals surface area (Å²) in [6.07, 6.45) is 4.56. The third-order valence-electron chi connectivity index (χ3n) is 1.45. The number of allylic oxidation sites excluding steroid dienone is 1. The summed E-state index contributed by atoms with van der Waals surface area (Å²) in [4.78, 5) is 7.84. The number of nitriles is 2. The van der Waals surface area contributed by atoms with Crippen LogP contribution in [0.1, 0.15) is 0 Å². The molecule has 1 aromatic rings. The lowest BCUT2D eigenvalue weighted by atomic mass is 10.4. The quantitative estimate of drug-likeness (QED) is 0.588. The minimum Gasteiger partial charge on any atom is -0.320 e. The van der Waals surface area contributed by atoms with E-state index >= 15 is 0 Å². The molecule has 68 valence electrons. The molecular formula is C9H7N5. The van der Waals surface area contributed by atoms with Crippen LogP contribution in [0.15, 0.2) is 35.2 Å². The SMILES string of the molecule is Cn1cccnc1=NC=C(C#N)C#N. The molecule has 5 heteroatoms. The van der Waals surface area contributed by atoms with Crippen LogP contribution in [0.4, 0.5) is 0 Å². The Kier molecular flexibility index (Phi) is 3.17. The van der Waals surface area contributed by atoms with Gasteiger partial charge in [-0.3, -0.25) is 0 Å². The van der Waals surface area contributed by atoms with Crippen LogP contribution in [-0.2, 0) is 7.05 Å². The second-order valence-corrected chi connectivity index (χ2v) is 2.43. The maximum Gasteiger partial charge on any atom is 0.229 e. The first kappa shape index (κ1) is 9.69. The molecule has 0 bridgehead atoms. The predicted octanol–water partition coefficient (Wildman–Crippen LogP) is 0.252. The summed E-state index contributed by atoms with van der Waals surface area (Å²) < 4.78 is 1.68. The van der Waals surface area contributed by atoms with E-state index in [2.05, 4.69) is 9.98 Å². The molecule has 0 unspecified atom stereocenters. The van der Waals surface area contributed by atoms with Gasteiger partial charge in [-0.05, 0) is 6.07 Å². The molecule has 5 nitrogen and oxygen atoms in total. The van der Waals surface area contributed by atoms with Gasteiger partial charge in [0.15, 0.2) is 0 Å². The van der Waals surface area contributed by atoms with Gasteiger partial charge >= 0.3 is 0 Å². The van der Waals surface area contributed by atoms with Crippen molar-refractivity contribution >= 4 is 0 Å². The Bertz CT molecular complexity index is 479. The van der Waals surface area contributed by atoms with Gasteiger partial charge in [0.25, 0.3) is 0 Å². The van der Waals surface area contributed by atoms with E-state index in [1.54, 1.807) is 42.2 Å². The smallest absolute Gasteiger partial charge is 0.229 e. The average molecular weight is 185 g/mol. The van der Waals surface area contributed by atoms with Crippen molar-refractivity contribution < 1.29 is 0 Å². The van der Waals surface area contributed by atoms with Crippen LogP contribution in [-0.4, -0.2) is 9.55 Å². The standard InChI is InChI=1S/C9H7N5/c1-14-4-2-3-12-9(14)13-7-8(5-10)6-11/h2-4,7H,1H3. The van der Waals surface area contributed by atoms with E-state index in [1.165, 1.54) is 6.20 Å². The van der Waals surface area contributed by atoms with Crippen LogP contribution in [0, 0.1) is 22.7 Å². The van der Waals surface area contributed by atoms with Gasteiger partial charge in [0.1, 0.15) is 17.7 Å². The second-order valence-electron chi connectivity index (χ2n) is 2.43. The zero-order valence-corrected chi connectivity index (χ0v) is 7.55. The van der Waals surface area contributed by atoms with Gasteiger partial charge in [-0.25, -0.2) is 9.98 Å². The summed E-state index contributed by atoms with van der Waals surface area (Å²) in [5.41, 5.74) is 0.395. The molecule has 0 atom stereocenters. The number of rotatable bonds is 1. The molecule has 0 aliphatic carbocycles. The fraction of sp³-hybridized carbons (Fsp3) is 0.111. The summed E-state index contributed by atoms with van der Waals surface area (Å²) in [5.74, 6) is 0. The fourth-order valence-corrected chi connectivity index (χ4v) is 0.764. The molecule has 0 aliphatic heterocycles. The topological polar surface area (TPSA) is 77.8 Å². The Hall–Kier alpha value is -2.40. The first-order valence-corrected chi connectivity index (χ1v) is 3.80. The highest BCUT2D eigenvalue weighted by Gasteiger charge is 1.89. The molecule has 0 saturated heterocycles. The lowest BCUT2D eigenvalue weighted by Crippen LogP contribution is -2.19. The van der Waals surface area contributed by atoms with E-state index in [1.807, 2.05) is 0 Å². The molecule has 0 radical (unpaired) electrons. The monoisotopic (exact) mass is 185 g/mol. The third-order valence-corrected chi connectivity index (χ3v) is 1.45. The summed E-state index contributed by atoms with van der Waals surface area (Å²) in [5, 5.41) is 16.9. The molecule has 0 fully saturated rings. The fourth-order valence-electron chi connectivity index (χ4n) is 0.764. The lowest BCUT2D eigenvalue weighted by Gasteiger charge is -1.93. The number of hydrogen-bond donors (Lipinski definition) is 0. The van der Waals surface area contributed by atoms with E-state index in [0.29, 0.717) is 5.62 Å². The summed E-state index contributed by atoms with van der Waals surface area (Å²) in [7, 11) is 1.78. The maximum atomic E-state index is 8.45. The Morgan fingerprint density at radius 3 is 2.86 bits per heavy atom. The minimum atomic E-state index is -0.0457. The normalized spacial score (nSPS) is 10.1. The van der Waals surface area contributed by atoms with Crippen molar-refractivity contribution in [1.82, 2.24) is 9.55 Å². The molecule has 0 aromatic carbocycles. The second kappa shape index (κ2) is 4.58. The van der Waals surface area contributed by atoms with Gasteiger partial charge in [0, 0.05) is 19.4 Å². The molecule has 1 aromatic heterocycles. The number of nitrogens with zero attached hydrogens (tertiary/aromatic N) is 5. The number of aryl methyl sites for hydroxylation is 1. The lowest BCUT2D eigenvalue weighted by molar-refractivity contribution is 0.780. The van der Waals surface area contributed by atoms with Crippen molar-refractivity contribution in [2.75, 3.05) is 0 Å². The Balaban J connectivity index is 3.15. The van der Waals surface area contributed by atoms with Crippen LogP contribution in [0.3, 0.4) is 0 Å². The molecule has 0 aliphatic rings. The van der Waals surface area contributed by atoms with Crippen molar-refractivity contribution in [2.24, 2.45) is 12.0 Å². The molecule has 0 amide bonds. The summed E-state index contributed by atoms with van der Waals surface area (Å²) in [6.45, 7) is 0. The first-order chi connectivity index (χ1) is 6.77. The maximum absolute atomic E-state index is 8.45. The molecule has 1 heterocycles. The van der Waals surface area contributed by atoms with Gasteiger partial charge < -0.3 is 4.57 Å². The minimum absolute atomic E-state index is 0.0457. The molecular weight excluding hydrogens is 178 g/mol. The van der Waals surface area contributed by atoms with E-state index in [-0.39, 0.29) is 5.57 Å². The zero-order chi connectivity index (χ0) is 10.4. The van der Waals surface area contributed by atoms with Crippen LogP contribution in [0.2, 0.25) is 0 Å². The van der Waals surface area contributed by atoms with Crippen LogP contribution in [0.5, 0.6) is 0 Å². The van der Waals surface area contributed by atoms with Gasteiger partial charge in [0.05, 0.1) is 6.20 Å². The van der Waals surface area contributed by atoms with E-state index in [0.717, 1.165) is 0 Å². The van der Waals surface area contributed by atoms with Crippen LogP contribution in [0.25, 0.3) is 0 Å². The Labute approximate surface area is 80.9 Å². The first-order valence-electron chi connectivity index (χ1n) is 3.80. The highest BCUT2D eigenvalue weighted by molar-refractivity contribution is 5.34.